The Morgan fingerprint density at radius 2 is 1.75 bits per heavy atom. The zero-order valence-corrected chi connectivity index (χ0v) is 19.7. The van der Waals surface area contributed by atoms with E-state index in [1.54, 1.807) is 20.8 Å². The predicted molar refractivity (Wildman–Crippen MR) is 112 cm³/mol. The third-order valence-corrected chi connectivity index (χ3v) is 5.98. The van der Waals surface area contributed by atoms with E-state index in [0.29, 0.717) is 18.8 Å². The Morgan fingerprint density at radius 3 is 2.25 bits per heavy atom. The van der Waals surface area contributed by atoms with Crippen LogP contribution in [0, 0.1) is 23.7 Å². The van der Waals surface area contributed by atoms with Gasteiger partial charge in [-0.1, -0.05) is 26.7 Å². The first kappa shape index (κ1) is 26.5. The molecule has 6 nitrogen and oxygen atoms in total. The Bertz CT molecular complexity index is 682. The van der Waals surface area contributed by atoms with E-state index in [0.717, 1.165) is 17.7 Å². The number of carbonyl (C=O) groups is 3. The van der Waals surface area contributed by atoms with Gasteiger partial charge in [-0.15, -0.1) is 0 Å². The maximum atomic E-state index is 13.5. The van der Waals surface area contributed by atoms with Crippen LogP contribution in [0.5, 0.6) is 0 Å². The van der Waals surface area contributed by atoms with Gasteiger partial charge in [0.1, 0.15) is 12.2 Å². The number of halogens is 3. The molecule has 0 spiro atoms. The minimum absolute atomic E-state index is 0.0384. The molecule has 9 heteroatoms. The fraction of sp³-hybridized carbons (Fsp3) is 0.870. The molecule has 2 amide bonds. The normalized spacial score (nSPS) is 21.5. The highest BCUT2D eigenvalue weighted by atomic mass is 19.4. The minimum Gasteiger partial charge on any atom is -0.460 e. The van der Waals surface area contributed by atoms with E-state index < -0.39 is 54.0 Å². The standard InChI is InChI=1S/C23H36F3NO5/c1-14(2)18-13-31-21(30)27(18)19(28)16(7-6-12-23(24,25)26)17(11-10-15-8-9-15)20(29)32-22(3,4)5/h14-18H,6-13H2,1-5H3. The van der Waals surface area contributed by atoms with E-state index in [2.05, 4.69) is 0 Å². The van der Waals surface area contributed by atoms with Gasteiger partial charge in [-0.3, -0.25) is 9.59 Å². The van der Waals surface area contributed by atoms with Crippen molar-refractivity contribution >= 4 is 18.0 Å². The van der Waals surface area contributed by atoms with Crippen molar-refractivity contribution in [1.82, 2.24) is 4.90 Å². The van der Waals surface area contributed by atoms with Crippen molar-refractivity contribution in [1.29, 1.82) is 0 Å². The average Bonchev–Trinajstić information content (AvgIpc) is 3.37. The number of imide groups is 1. The van der Waals surface area contributed by atoms with Crippen LogP contribution in [0.25, 0.3) is 0 Å². The van der Waals surface area contributed by atoms with Gasteiger partial charge in [0.05, 0.1) is 17.9 Å². The van der Waals surface area contributed by atoms with Gasteiger partial charge in [0.2, 0.25) is 5.91 Å². The highest BCUT2D eigenvalue weighted by molar-refractivity contribution is 5.96. The van der Waals surface area contributed by atoms with Gasteiger partial charge < -0.3 is 9.47 Å². The van der Waals surface area contributed by atoms with Crippen LogP contribution in [0.15, 0.2) is 0 Å². The lowest BCUT2D eigenvalue weighted by Gasteiger charge is -2.32. The summed E-state index contributed by atoms with van der Waals surface area (Å²) in [6.07, 6.45) is -3.56. The number of carbonyl (C=O) groups excluding carboxylic acids is 3. The highest BCUT2D eigenvalue weighted by Gasteiger charge is 2.46. The lowest BCUT2D eigenvalue weighted by molar-refractivity contribution is -0.166. The van der Waals surface area contributed by atoms with Gasteiger partial charge in [-0.25, -0.2) is 9.69 Å². The van der Waals surface area contributed by atoms with Gasteiger partial charge in [-0.2, -0.15) is 13.2 Å². The van der Waals surface area contributed by atoms with E-state index >= 15 is 0 Å². The Hall–Kier alpha value is -1.80. The van der Waals surface area contributed by atoms with Crippen molar-refractivity contribution in [3.63, 3.8) is 0 Å². The van der Waals surface area contributed by atoms with Crippen molar-refractivity contribution in [2.75, 3.05) is 6.61 Å². The molecule has 2 aliphatic rings. The van der Waals surface area contributed by atoms with Gasteiger partial charge in [0.25, 0.3) is 0 Å². The van der Waals surface area contributed by atoms with Gasteiger partial charge in [0.15, 0.2) is 0 Å². The summed E-state index contributed by atoms with van der Waals surface area (Å²) < 4.78 is 49.1. The van der Waals surface area contributed by atoms with Crippen LogP contribution in [0.3, 0.4) is 0 Å². The van der Waals surface area contributed by atoms with Gasteiger partial charge >= 0.3 is 18.2 Å². The summed E-state index contributed by atoms with van der Waals surface area (Å²) in [6, 6.07) is -0.511. The predicted octanol–water partition coefficient (Wildman–Crippen LogP) is 5.49. The lowest BCUT2D eigenvalue weighted by atomic mass is 9.82. The van der Waals surface area contributed by atoms with E-state index in [1.165, 1.54) is 0 Å². The topological polar surface area (TPSA) is 72.9 Å². The first-order chi connectivity index (χ1) is 14.7. The first-order valence-corrected chi connectivity index (χ1v) is 11.5. The molecule has 0 radical (unpaired) electrons. The summed E-state index contributed by atoms with van der Waals surface area (Å²) in [5.41, 5.74) is -0.804. The largest absolute Gasteiger partial charge is 0.460 e. The van der Waals surface area contributed by atoms with Crippen molar-refractivity contribution in [2.24, 2.45) is 23.7 Å². The second kappa shape index (κ2) is 10.4. The number of cyclic esters (lactones) is 1. The lowest BCUT2D eigenvalue weighted by Crippen LogP contribution is -2.48. The summed E-state index contributed by atoms with van der Waals surface area (Å²) in [4.78, 5) is 40.0. The number of alkyl halides is 3. The van der Waals surface area contributed by atoms with E-state index in [4.69, 9.17) is 9.47 Å². The molecule has 0 bridgehead atoms. The molecule has 1 saturated heterocycles. The molecule has 1 heterocycles. The van der Waals surface area contributed by atoms with Crippen LogP contribution in [0.4, 0.5) is 18.0 Å². The summed E-state index contributed by atoms with van der Waals surface area (Å²) in [5, 5.41) is 0. The quantitative estimate of drug-likeness (QED) is 0.401. The maximum Gasteiger partial charge on any atom is 0.416 e. The number of hydrogen-bond donors (Lipinski definition) is 0. The molecule has 0 aromatic rings. The van der Waals surface area contributed by atoms with Crippen molar-refractivity contribution in [2.45, 2.75) is 97.4 Å². The molecule has 1 saturated carbocycles. The third kappa shape index (κ3) is 7.96. The van der Waals surface area contributed by atoms with Crippen molar-refractivity contribution in [3.8, 4) is 0 Å². The molecule has 0 N–H and O–H groups in total. The smallest absolute Gasteiger partial charge is 0.416 e. The number of nitrogens with zero attached hydrogens (tertiary/aromatic N) is 1. The molecule has 2 fully saturated rings. The first-order valence-electron chi connectivity index (χ1n) is 11.5. The molecule has 0 aromatic carbocycles. The average molecular weight is 464 g/mol. The second-order valence-corrected chi connectivity index (χ2v) is 10.4. The SMILES string of the molecule is CC(C)C1COC(=O)N1C(=O)C(CCCC(F)(F)F)C(CCC1CC1)C(=O)OC(C)(C)C. The Labute approximate surface area is 188 Å². The molecule has 184 valence electrons. The third-order valence-electron chi connectivity index (χ3n) is 5.98. The summed E-state index contributed by atoms with van der Waals surface area (Å²) in [7, 11) is 0. The monoisotopic (exact) mass is 463 g/mol. The number of amides is 2. The fourth-order valence-corrected chi connectivity index (χ4v) is 4.06. The number of hydrogen-bond acceptors (Lipinski definition) is 5. The van der Waals surface area contributed by atoms with E-state index in [1.807, 2.05) is 13.8 Å². The molecule has 1 aliphatic heterocycles. The van der Waals surface area contributed by atoms with Gasteiger partial charge in [-0.05, 0) is 58.3 Å². The number of rotatable bonds is 10. The Balaban J connectivity index is 2.31. The van der Waals surface area contributed by atoms with E-state index in [9.17, 15) is 27.6 Å². The van der Waals surface area contributed by atoms with Crippen LogP contribution in [-0.4, -0.2) is 47.3 Å². The molecular formula is C23H36F3NO5. The van der Waals surface area contributed by atoms with Crippen LogP contribution in [0.1, 0.15) is 79.6 Å². The highest BCUT2D eigenvalue weighted by Crippen LogP contribution is 2.39. The van der Waals surface area contributed by atoms with Crippen LogP contribution in [0.2, 0.25) is 0 Å². The van der Waals surface area contributed by atoms with Gasteiger partial charge in [0, 0.05) is 6.42 Å². The van der Waals surface area contributed by atoms with Crippen molar-refractivity contribution < 1.29 is 37.0 Å². The Morgan fingerprint density at radius 1 is 1.12 bits per heavy atom. The second-order valence-electron chi connectivity index (χ2n) is 10.4. The number of ether oxygens (including phenoxy) is 2. The molecule has 3 atom stereocenters. The Kier molecular flexibility index (Phi) is 8.62. The zero-order valence-electron chi connectivity index (χ0n) is 19.7. The molecule has 0 aromatic heterocycles. The van der Waals surface area contributed by atoms with Crippen LogP contribution in [-0.2, 0) is 19.1 Å². The summed E-state index contributed by atoms with van der Waals surface area (Å²) in [5.74, 6) is -2.84. The van der Waals surface area contributed by atoms with E-state index in [-0.39, 0.29) is 25.4 Å². The molecule has 1 aliphatic carbocycles. The summed E-state index contributed by atoms with van der Waals surface area (Å²) in [6.45, 7) is 8.83. The number of esters is 1. The fourth-order valence-electron chi connectivity index (χ4n) is 4.06. The molecule has 32 heavy (non-hydrogen) atoms. The maximum absolute atomic E-state index is 13.5. The van der Waals surface area contributed by atoms with Crippen LogP contribution < -0.4 is 0 Å². The van der Waals surface area contributed by atoms with Crippen LogP contribution >= 0.6 is 0 Å². The minimum atomic E-state index is -4.37. The molecule has 2 rings (SSSR count). The molecule has 3 unspecified atom stereocenters. The van der Waals surface area contributed by atoms with Crippen molar-refractivity contribution in [3.05, 3.63) is 0 Å². The summed E-state index contributed by atoms with van der Waals surface area (Å²) >= 11 is 0. The molecular weight excluding hydrogens is 427 g/mol. The zero-order chi connectivity index (χ0) is 24.3.